The van der Waals surface area contributed by atoms with Gasteiger partial charge in [0, 0.05) is 13.1 Å². The fraction of sp³-hybridized carbons (Fsp3) is 0.900. The maximum Gasteiger partial charge on any atom is 0.317 e. The standard InChI is InChI=1S/C10H19F2N3O/c11-10(12,7-13)8-14-9(16)15-5-3-1-2-4-6-15/h1-8,13H2,(H,14,16). The largest absolute Gasteiger partial charge is 0.332 e. The highest BCUT2D eigenvalue weighted by Gasteiger charge is 2.28. The summed E-state index contributed by atoms with van der Waals surface area (Å²) in [6.07, 6.45) is 4.09. The first-order valence-corrected chi connectivity index (χ1v) is 5.66. The molecule has 1 aliphatic heterocycles. The van der Waals surface area contributed by atoms with Crippen molar-refractivity contribution in [3.8, 4) is 0 Å². The van der Waals surface area contributed by atoms with Crippen LogP contribution in [0.4, 0.5) is 13.6 Å². The zero-order valence-electron chi connectivity index (χ0n) is 9.35. The van der Waals surface area contributed by atoms with E-state index < -0.39 is 25.0 Å². The number of halogens is 2. The van der Waals surface area contributed by atoms with Crippen molar-refractivity contribution in [2.75, 3.05) is 26.2 Å². The molecule has 6 heteroatoms. The molecule has 0 aliphatic carbocycles. The molecule has 1 rings (SSSR count). The first-order chi connectivity index (χ1) is 7.55. The van der Waals surface area contributed by atoms with Gasteiger partial charge in [-0.15, -0.1) is 0 Å². The van der Waals surface area contributed by atoms with Gasteiger partial charge in [0.2, 0.25) is 0 Å². The molecule has 0 radical (unpaired) electrons. The summed E-state index contributed by atoms with van der Waals surface area (Å²) in [5.74, 6) is -3.01. The van der Waals surface area contributed by atoms with Crippen LogP contribution in [0.1, 0.15) is 25.7 Å². The average molecular weight is 235 g/mol. The number of carbonyl (C=O) groups excluding carboxylic acids is 1. The molecule has 0 aromatic carbocycles. The molecule has 0 bridgehead atoms. The predicted molar refractivity (Wildman–Crippen MR) is 57.4 cm³/mol. The van der Waals surface area contributed by atoms with Crippen LogP contribution in [0.15, 0.2) is 0 Å². The van der Waals surface area contributed by atoms with Crippen molar-refractivity contribution in [3.05, 3.63) is 0 Å². The second kappa shape index (κ2) is 5.98. The van der Waals surface area contributed by atoms with Gasteiger partial charge >= 0.3 is 6.03 Å². The highest BCUT2D eigenvalue weighted by Crippen LogP contribution is 2.11. The van der Waals surface area contributed by atoms with E-state index >= 15 is 0 Å². The lowest BCUT2D eigenvalue weighted by Crippen LogP contribution is -2.47. The van der Waals surface area contributed by atoms with Crippen molar-refractivity contribution in [3.63, 3.8) is 0 Å². The zero-order valence-corrected chi connectivity index (χ0v) is 9.35. The Morgan fingerprint density at radius 2 is 1.81 bits per heavy atom. The number of urea groups is 1. The molecule has 1 fully saturated rings. The third-order valence-corrected chi connectivity index (χ3v) is 2.69. The fourth-order valence-electron chi connectivity index (χ4n) is 1.66. The van der Waals surface area contributed by atoms with Gasteiger partial charge in [-0.2, -0.15) is 0 Å². The maximum absolute atomic E-state index is 12.8. The van der Waals surface area contributed by atoms with Gasteiger partial charge in [-0.1, -0.05) is 12.8 Å². The number of carbonyl (C=O) groups is 1. The van der Waals surface area contributed by atoms with Crippen LogP contribution in [0, 0.1) is 0 Å². The van der Waals surface area contributed by atoms with Crippen molar-refractivity contribution < 1.29 is 13.6 Å². The van der Waals surface area contributed by atoms with E-state index in [4.69, 9.17) is 5.73 Å². The van der Waals surface area contributed by atoms with E-state index in [1.165, 1.54) is 0 Å². The van der Waals surface area contributed by atoms with Gasteiger partial charge in [0.15, 0.2) is 0 Å². The first-order valence-electron chi connectivity index (χ1n) is 5.66. The van der Waals surface area contributed by atoms with Crippen LogP contribution in [0.3, 0.4) is 0 Å². The van der Waals surface area contributed by atoms with Crippen LogP contribution in [0.25, 0.3) is 0 Å². The molecule has 0 saturated carbocycles. The third kappa shape index (κ3) is 4.30. The lowest BCUT2D eigenvalue weighted by Gasteiger charge is -2.22. The molecule has 0 aromatic rings. The topological polar surface area (TPSA) is 58.4 Å². The summed E-state index contributed by atoms with van der Waals surface area (Å²) in [5, 5.41) is 2.23. The molecule has 0 unspecified atom stereocenters. The molecule has 94 valence electrons. The number of nitrogens with one attached hydrogen (secondary N) is 1. The molecule has 0 aromatic heterocycles. The predicted octanol–water partition coefficient (Wildman–Crippen LogP) is 1.17. The quantitative estimate of drug-likeness (QED) is 0.771. The van der Waals surface area contributed by atoms with E-state index in [-0.39, 0.29) is 0 Å². The Labute approximate surface area is 94.2 Å². The van der Waals surface area contributed by atoms with Crippen molar-refractivity contribution in [1.82, 2.24) is 10.2 Å². The molecule has 3 N–H and O–H groups in total. The number of amides is 2. The SMILES string of the molecule is NCC(F)(F)CNC(=O)N1CCCCCC1. The zero-order chi connectivity index (χ0) is 12.0. The van der Waals surface area contributed by atoms with Crippen LogP contribution in [0.5, 0.6) is 0 Å². The number of nitrogens with two attached hydrogens (primary N) is 1. The molecule has 1 aliphatic rings. The van der Waals surface area contributed by atoms with Gasteiger partial charge < -0.3 is 16.0 Å². The molecule has 0 atom stereocenters. The smallest absolute Gasteiger partial charge is 0.317 e. The highest BCUT2D eigenvalue weighted by atomic mass is 19.3. The number of hydrogen-bond acceptors (Lipinski definition) is 2. The van der Waals surface area contributed by atoms with Gasteiger partial charge in [-0.05, 0) is 12.8 Å². The number of alkyl halides is 2. The number of nitrogens with zero attached hydrogens (tertiary/aromatic N) is 1. The lowest BCUT2D eigenvalue weighted by molar-refractivity contribution is 0.0132. The van der Waals surface area contributed by atoms with Crippen molar-refractivity contribution in [1.29, 1.82) is 0 Å². The van der Waals surface area contributed by atoms with Crippen LogP contribution in [-0.4, -0.2) is 43.0 Å². The monoisotopic (exact) mass is 235 g/mol. The van der Waals surface area contributed by atoms with E-state index in [1.807, 2.05) is 0 Å². The Morgan fingerprint density at radius 1 is 1.25 bits per heavy atom. The summed E-state index contributed by atoms with van der Waals surface area (Å²) in [6.45, 7) is -0.119. The van der Waals surface area contributed by atoms with E-state index in [0.717, 1.165) is 25.7 Å². The van der Waals surface area contributed by atoms with Gasteiger partial charge in [-0.3, -0.25) is 0 Å². The fourth-order valence-corrected chi connectivity index (χ4v) is 1.66. The summed E-state index contributed by atoms with van der Waals surface area (Å²) >= 11 is 0. The molecule has 2 amide bonds. The van der Waals surface area contributed by atoms with E-state index in [9.17, 15) is 13.6 Å². The Morgan fingerprint density at radius 3 is 2.31 bits per heavy atom. The average Bonchev–Trinajstić information content (AvgIpc) is 2.54. The minimum absolute atomic E-state index is 0.407. The summed E-state index contributed by atoms with van der Waals surface area (Å²) in [6, 6.07) is -0.407. The van der Waals surface area contributed by atoms with Gasteiger partial charge in [0.05, 0.1) is 13.1 Å². The van der Waals surface area contributed by atoms with Crippen LogP contribution < -0.4 is 11.1 Å². The van der Waals surface area contributed by atoms with Crippen LogP contribution in [0.2, 0.25) is 0 Å². The van der Waals surface area contributed by atoms with Crippen LogP contribution >= 0.6 is 0 Å². The molecule has 4 nitrogen and oxygen atoms in total. The minimum Gasteiger partial charge on any atom is -0.332 e. The molecule has 0 spiro atoms. The number of hydrogen-bond donors (Lipinski definition) is 2. The molecule has 16 heavy (non-hydrogen) atoms. The Hall–Kier alpha value is -0.910. The summed E-state index contributed by atoms with van der Waals surface area (Å²) in [5.41, 5.74) is 4.88. The van der Waals surface area contributed by atoms with Gasteiger partial charge in [-0.25, -0.2) is 13.6 Å². The normalized spacial score (nSPS) is 18.1. The summed E-state index contributed by atoms with van der Waals surface area (Å²) < 4.78 is 25.6. The Bertz CT molecular complexity index is 228. The van der Waals surface area contributed by atoms with E-state index in [0.29, 0.717) is 13.1 Å². The first kappa shape index (κ1) is 13.2. The Balaban J connectivity index is 2.33. The molecule has 1 heterocycles. The second-order valence-electron chi connectivity index (χ2n) is 4.12. The maximum atomic E-state index is 12.8. The highest BCUT2D eigenvalue weighted by molar-refractivity contribution is 5.74. The molecule has 1 saturated heterocycles. The minimum atomic E-state index is -3.01. The molecular weight excluding hydrogens is 216 g/mol. The van der Waals surface area contributed by atoms with Crippen molar-refractivity contribution in [2.45, 2.75) is 31.6 Å². The third-order valence-electron chi connectivity index (χ3n) is 2.69. The summed E-state index contributed by atoms with van der Waals surface area (Å²) in [7, 11) is 0. The second-order valence-corrected chi connectivity index (χ2v) is 4.12. The van der Waals surface area contributed by atoms with Crippen LogP contribution in [-0.2, 0) is 0 Å². The van der Waals surface area contributed by atoms with E-state index in [1.54, 1.807) is 4.90 Å². The van der Waals surface area contributed by atoms with Crippen molar-refractivity contribution >= 4 is 6.03 Å². The number of rotatable bonds is 3. The number of likely N-dealkylation sites (tertiary alicyclic amines) is 1. The van der Waals surface area contributed by atoms with Crippen molar-refractivity contribution in [2.24, 2.45) is 5.73 Å². The lowest BCUT2D eigenvalue weighted by atomic mass is 10.2. The Kier molecular flexibility index (Phi) is 4.92. The van der Waals surface area contributed by atoms with Gasteiger partial charge in [0.25, 0.3) is 5.92 Å². The molecular formula is C10H19F2N3O. The summed E-state index contributed by atoms with van der Waals surface area (Å²) in [4.78, 5) is 13.2. The van der Waals surface area contributed by atoms with E-state index in [2.05, 4.69) is 5.32 Å². The van der Waals surface area contributed by atoms with Gasteiger partial charge in [0.1, 0.15) is 0 Å².